The van der Waals surface area contributed by atoms with Crippen LogP contribution in [0.2, 0.25) is 4.34 Å². The fourth-order valence-electron chi connectivity index (χ4n) is 1.87. The number of carbonyl (C=O) groups excluding carboxylic acids is 3. The van der Waals surface area contributed by atoms with Crippen LogP contribution in [0.15, 0.2) is 5.16 Å². The highest BCUT2D eigenvalue weighted by Gasteiger charge is 2.45. The van der Waals surface area contributed by atoms with E-state index in [2.05, 4.69) is 25.6 Å². The first-order valence-corrected chi connectivity index (χ1v) is 9.94. The molecule has 1 saturated heterocycles. The minimum Gasteiger partial charge on any atom is -0.398 e. The molecule has 0 aliphatic carbocycles. The molecule has 0 aromatic carbocycles. The van der Waals surface area contributed by atoms with Gasteiger partial charge in [0, 0.05) is 0 Å². The van der Waals surface area contributed by atoms with Gasteiger partial charge in [-0.1, -0.05) is 28.1 Å². The number of nitrogens with one attached hydrogen (secondary N) is 2. The lowest BCUT2D eigenvalue weighted by molar-refractivity contribution is -0.139. The lowest BCUT2D eigenvalue weighted by Crippen LogP contribution is -2.65. The number of aromatic nitrogens is 1. The molecule has 0 bridgehead atoms. The molecule has 1 aliphatic heterocycles. The van der Waals surface area contributed by atoms with Gasteiger partial charge in [-0.2, -0.15) is 8.42 Å². The maximum Gasteiger partial charge on any atom is 0.362 e. The number of carbonyl (C=O) groups is 3. The first-order valence-electron chi connectivity index (χ1n) is 6.82. The predicted octanol–water partition coefficient (Wildman–Crippen LogP) is -0.546. The zero-order valence-electron chi connectivity index (χ0n) is 13.3. The van der Waals surface area contributed by atoms with Crippen LogP contribution in [-0.4, -0.2) is 71.3 Å². The second kappa shape index (κ2) is 8.35. The number of oxime groups is 1. The molecule has 12 nitrogen and oxygen atoms in total. The van der Waals surface area contributed by atoms with Gasteiger partial charge in [-0.25, -0.2) is 9.29 Å². The van der Waals surface area contributed by atoms with Gasteiger partial charge in [0.1, 0.15) is 29.1 Å². The van der Waals surface area contributed by atoms with Crippen molar-refractivity contribution in [3.05, 3.63) is 10.0 Å². The van der Waals surface area contributed by atoms with Gasteiger partial charge in [-0.3, -0.25) is 18.9 Å². The summed E-state index contributed by atoms with van der Waals surface area (Å²) in [6.07, 6.45) is 0. The summed E-state index contributed by atoms with van der Waals surface area (Å²) in [6.45, 7) is -0.453. The molecule has 3 N–H and O–H groups in total. The Morgan fingerprint density at radius 1 is 1.52 bits per heavy atom. The van der Waals surface area contributed by atoms with Crippen LogP contribution in [0.1, 0.15) is 5.69 Å². The number of halogens is 2. The first-order chi connectivity index (χ1) is 12.6. The lowest BCUT2D eigenvalue weighted by Gasteiger charge is -2.35. The smallest absolute Gasteiger partial charge is 0.362 e. The number of amides is 3. The van der Waals surface area contributed by atoms with Crippen LogP contribution >= 0.6 is 34.5 Å². The number of alkyl halides is 1. The van der Waals surface area contributed by atoms with E-state index < -0.39 is 46.3 Å². The Hall–Kier alpha value is -2.00. The van der Waals surface area contributed by atoms with Crippen molar-refractivity contribution in [2.24, 2.45) is 5.16 Å². The Balaban J connectivity index is 2.17. The summed E-state index contributed by atoms with van der Waals surface area (Å²) in [4.78, 5) is 43.9. The van der Waals surface area contributed by atoms with Gasteiger partial charge in [-0.05, 0) is 0 Å². The van der Waals surface area contributed by atoms with Gasteiger partial charge in [0.25, 0.3) is 11.8 Å². The number of nitrogens with zero attached hydrogens (tertiary/aromatic N) is 3. The molecule has 2 rings (SSSR count). The summed E-state index contributed by atoms with van der Waals surface area (Å²) in [5.41, 5.74) is -0.549. The highest BCUT2D eigenvalue weighted by Crippen LogP contribution is 2.29. The average molecular weight is 460 g/mol. The van der Waals surface area contributed by atoms with Crippen LogP contribution in [0.4, 0.5) is 5.13 Å². The van der Waals surface area contributed by atoms with E-state index in [1.54, 1.807) is 0 Å². The van der Waals surface area contributed by atoms with Crippen molar-refractivity contribution in [1.29, 1.82) is 0 Å². The highest BCUT2D eigenvalue weighted by molar-refractivity contribution is 7.84. The molecule has 16 heteroatoms. The van der Waals surface area contributed by atoms with E-state index in [0.717, 1.165) is 18.4 Å². The second-order valence-corrected chi connectivity index (χ2v) is 8.02. The quantitative estimate of drug-likeness (QED) is 0.160. The van der Waals surface area contributed by atoms with E-state index in [1.807, 2.05) is 0 Å². The summed E-state index contributed by atoms with van der Waals surface area (Å²) >= 11 is 12.2. The third kappa shape index (κ3) is 4.84. The predicted molar refractivity (Wildman–Crippen MR) is 95.2 cm³/mol. The van der Waals surface area contributed by atoms with Crippen LogP contribution in [0.3, 0.4) is 0 Å². The molecule has 0 radical (unpaired) electrons. The van der Waals surface area contributed by atoms with Gasteiger partial charge in [0.05, 0.1) is 6.54 Å². The zero-order valence-corrected chi connectivity index (χ0v) is 16.4. The number of hydrogen-bond donors (Lipinski definition) is 3. The topological polar surface area (TPSA) is 167 Å². The number of hydrogen-bond acceptors (Lipinski definition) is 9. The lowest BCUT2D eigenvalue weighted by atomic mass is 10.1. The summed E-state index contributed by atoms with van der Waals surface area (Å²) in [7, 11) is -3.54. The summed E-state index contributed by atoms with van der Waals surface area (Å²) in [5.74, 6) is -2.83. The molecule has 1 fully saturated rings. The number of thiazole rings is 1. The Morgan fingerprint density at radius 3 is 2.70 bits per heavy atom. The number of β-lactam (4-membered cyclic amide) rings is 1. The minimum atomic E-state index is -4.69. The van der Waals surface area contributed by atoms with Crippen LogP contribution in [-0.2, 0) is 29.5 Å². The molecule has 3 amide bonds. The minimum absolute atomic E-state index is 0.00896. The van der Waals surface area contributed by atoms with Gasteiger partial charge < -0.3 is 15.5 Å². The third-order valence-corrected chi connectivity index (χ3v) is 5.35. The summed E-state index contributed by atoms with van der Waals surface area (Å²) in [6, 6.07) is -1.20. The van der Waals surface area contributed by atoms with E-state index in [9.17, 15) is 22.8 Å². The molecular formula is C11H11Cl2N5O7S2. The van der Waals surface area contributed by atoms with Crippen molar-refractivity contribution in [2.45, 2.75) is 6.04 Å². The summed E-state index contributed by atoms with van der Waals surface area (Å²) in [5, 5.41) is 8.13. The van der Waals surface area contributed by atoms with Gasteiger partial charge >= 0.3 is 10.3 Å². The molecule has 27 heavy (non-hydrogen) atoms. The van der Waals surface area contributed by atoms with Crippen molar-refractivity contribution in [1.82, 2.24) is 14.6 Å². The maximum absolute atomic E-state index is 12.4. The van der Waals surface area contributed by atoms with E-state index in [1.165, 1.54) is 0 Å². The van der Waals surface area contributed by atoms with Gasteiger partial charge in [-0.15, -0.1) is 11.6 Å². The molecular weight excluding hydrogens is 449 g/mol. The summed E-state index contributed by atoms with van der Waals surface area (Å²) < 4.78 is 30.8. The van der Waals surface area contributed by atoms with Crippen LogP contribution in [0.5, 0.6) is 0 Å². The highest BCUT2D eigenvalue weighted by atomic mass is 35.5. The SMILES string of the molecule is CO/N=C(\C(=O)NC1CN(S(=O)(=O)O)C1=O)c1nc(NC(=O)CCl)sc1Cl. The van der Waals surface area contributed by atoms with Gasteiger partial charge in [0.15, 0.2) is 10.8 Å². The molecule has 1 atom stereocenters. The fourth-order valence-corrected chi connectivity index (χ4v) is 3.69. The largest absolute Gasteiger partial charge is 0.398 e. The normalized spacial score (nSPS) is 17.3. The number of anilines is 1. The van der Waals surface area contributed by atoms with E-state index >= 15 is 0 Å². The van der Waals surface area contributed by atoms with Crippen molar-refractivity contribution < 1.29 is 32.2 Å². The van der Waals surface area contributed by atoms with Crippen molar-refractivity contribution in [2.75, 3.05) is 24.9 Å². The molecule has 2 heterocycles. The molecule has 1 aliphatic rings. The molecule has 1 unspecified atom stereocenters. The Morgan fingerprint density at radius 2 is 2.19 bits per heavy atom. The Kier molecular flexibility index (Phi) is 6.59. The fraction of sp³-hybridized carbons (Fsp3) is 0.364. The standard InChI is InChI=1S/C11H11Cl2N5O7S2/c1-25-17-7(6-8(13)26-11(16-6)15-5(19)2-12)9(20)14-4-3-18(10(4)21)27(22,23)24/h4H,2-3H2,1H3,(H,14,20)(H,15,16,19)(H,22,23,24)/b17-7-. The van der Waals surface area contributed by atoms with Gasteiger partial charge in [0.2, 0.25) is 5.91 Å². The van der Waals surface area contributed by atoms with E-state index in [4.69, 9.17) is 27.8 Å². The first kappa shape index (κ1) is 21.3. The second-order valence-electron chi connectivity index (χ2n) is 4.82. The Bertz CT molecular complexity index is 916. The average Bonchev–Trinajstić information content (AvgIpc) is 2.93. The van der Waals surface area contributed by atoms with Crippen LogP contribution in [0.25, 0.3) is 0 Å². The third-order valence-electron chi connectivity index (χ3n) is 3.05. The molecule has 0 saturated carbocycles. The van der Waals surface area contributed by atoms with Crippen molar-refractivity contribution in [3.63, 3.8) is 0 Å². The zero-order chi connectivity index (χ0) is 20.4. The monoisotopic (exact) mass is 459 g/mol. The van der Waals surface area contributed by atoms with Crippen molar-refractivity contribution in [3.8, 4) is 0 Å². The van der Waals surface area contributed by atoms with E-state index in [0.29, 0.717) is 0 Å². The molecule has 0 spiro atoms. The maximum atomic E-state index is 12.4. The molecule has 1 aromatic heterocycles. The van der Waals surface area contributed by atoms with Crippen LogP contribution < -0.4 is 10.6 Å². The molecule has 1 aromatic rings. The molecule has 148 valence electrons. The van der Waals surface area contributed by atoms with Crippen LogP contribution in [0, 0.1) is 0 Å². The number of rotatable bonds is 7. The van der Waals surface area contributed by atoms with Crippen molar-refractivity contribution >= 4 is 73.4 Å². The Labute approximate surface area is 166 Å². The van der Waals surface area contributed by atoms with E-state index in [-0.39, 0.29) is 25.3 Å².